The largest absolute Gasteiger partial charge is 0.372 e. The number of hydrogen-bond acceptors (Lipinski definition) is 5. The van der Waals surface area contributed by atoms with Gasteiger partial charge >= 0.3 is 0 Å². The van der Waals surface area contributed by atoms with E-state index >= 15 is 0 Å². The van der Waals surface area contributed by atoms with Crippen LogP contribution in [0.25, 0.3) is 20.2 Å². The maximum atomic E-state index is 12.1. The molecule has 0 saturated carbocycles. The Labute approximate surface area is 161 Å². The van der Waals surface area contributed by atoms with Gasteiger partial charge in [-0.15, -0.1) is 11.3 Å². The summed E-state index contributed by atoms with van der Waals surface area (Å²) in [5.41, 5.74) is 7.85. The van der Waals surface area contributed by atoms with Gasteiger partial charge in [0, 0.05) is 39.9 Å². The predicted molar refractivity (Wildman–Crippen MR) is 110 cm³/mol. The topological polar surface area (TPSA) is 67.9 Å². The van der Waals surface area contributed by atoms with Crippen LogP contribution >= 0.6 is 11.3 Å². The number of thiophene rings is 1. The molecule has 2 heterocycles. The Morgan fingerprint density at radius 3 is 2.74 bits per heavy atom. The van der Waals surface area contributed by atoms with E-state index in [2.05, 4.69) is 41.1 Å². The lowest BCUT2D eigenvalue weighted by Gasteiger charge is -2.25. The number of ether oxygens (including phenoxy) is 1. The molecule has 2 N–H and O–H groups in total. The maximum absolute atomic E-state index is 12.1. The molecule has 6 heteroatoms. The number of amides is 1. The van der Waals surface area contributed by atoms with E-state index in [9.17, 15) is 4.79 Å². The van der Waals surface area contributed by atoms with Gasteiger partial charge in [-0.1, -0.05) is 17.9 Å². The van der Waals surface area contributed by atoms with Crippen LogP contribution in [0.4, 0.5) is 0 Å². The zero-order valence-electron chi connectivity index (χ0n) is 15.2. The third kappa shape index (κ3) is 3.27. The van der Waals surface area contributed by atoms with Gasteiger partial charge < -0.3 is 10.5 Å². The van der Waals surface area contributed by atoms with E-state index in [0.29, 0.717) is 13.0 Å². The van der Waals surface area contributed by atoms with E-state index in [0.717, 1.165) is 21.9 Å². The quantitative estimate of drug-likeness (QED) is 0.697. The molecule has 2 aromatic carbocycles. The van der Waals surface area contributed by atoms with Crippen molar-refractivity contribution >= 4 is 43.4 Å². The summed E-state index contributed by atoms with van der Waals surface area (Å²) < 4.78 is 7.40. The lowest BCUT2D eigenvalue weighted by molar-refractivity contribution is -0.127. The second-order valence-electron chi connectivity index (χ2n) is 6.46. The number of guanidine groups is 1. The molecule has 0 fully saturated rings. The van der Waals surface area contributed by atoms with Crippen molar-refractivity contribution in [1.82, 2.24) is 4.90 Å². The molecular weight excluding hydrogens is 358 g/mol. The Kier molecular flexibility index (Phi) is 4.56. The van der Waals surface area contributed by atoms with Crippen molar-refractivity contribution in [2.75, 3.05) is 20.8 Å². The molecule has 4 rings (SSSR count). The fraction of sp³-hybridized carbons (Fsp3) is 0.238. The predicted octanol–water partition coefficient (Wildman–Crippen LogP) is 3.27. The van der Waals surface area contributed by atoms with Gasteiger partial charge in [0.15, 0.2) is 5.96 Å². The van der Waals surface area contributed by atoms with Crippen molar-refractivity contribution in [3.63, 3.8) is 0 Å². The summed E-state index contributed by atoms with van der Waals surface area (Å²) in [6.07, 6.45) is 0.332. The van der Waals surface area contributed by atoms with Gasteiger partial charge in [-0.2, -0.15) is 0 Å². The lowest BCUT2D eigenvalue weighted by atomic mass is 9.99. The normalized spacial score (nSPS) is 17.1. The van der Waals surface area contributed by atoms with Crippen LogP contribution in [-0.4, -0.2) is 37.5 Å². The molecule has 1 aliphatic heterocycles. The molecule has 0 saturated heterocycles. The molecule has 136 valence electrons. The van der Waals surface area contributed by atoms with Crippen LogP contribution in [0.5, 0.6) is 0 Å². The zero-order chi connectivity index (χ0) is 19.0. The number of hydrogen-bond donors (Lipinski definition) is 1. The first-order chi connectivity index (χ1) is 13.1. The second-order valence-corrected chi connectivity index (χ2v) is 7.55. The molecule has 0 bridgehead atoms. The van der Waals surface area contributed by atoms with E-state index in [-0.39, 0.29) is 17.9 Å². The first-order valence-electron chi connectivity index (χ1n) is 8.60. The summed E-state index contributed by atoms with van der Waals surface area (Å²) in [4.78, 5) is 18.0. The molecule has 1 aromatic heterocycles. The minimum absolute atomic E-state index is 0.0153. The smallest absolute Gasteiger partial charge is 0.231 e. The minimum atomic E-state index is -0.238. The van der Waals surface area contributed by atoms with Crippen LogP contribution in [-0.2, 0) is 9.53 Å². The maximum Gasteiger partial charge on any atom is 0.231 e. The van der Waals surface area contributed by atoms with Gasteiger partial charge in [0.25, 0.3) is 0 Å². The van der Waals surface area contributed by atoms with Crippen molar-refractivity contribution in [1.29, 1.82) is 0 Å². The fourth-order valence-electron chi connectivity index (χ4n) is 3.20. The van der Waals surface area contributed by atoms with Crippen molar-refractivity contribution in [2.24, 2.45) is 10.7 Å². The van der Waals surface area contributed by atoms with Crippen molar-refractivity contribution in [3.8, 4) is 11.8 Å². The SMILES string of the molecule is COCC#Cc1ccc2sc3ccc(C4CC(=O)N(C)C(N)=N4)cc3c2c1. The third-order valence-electron chi connectivity index (χ3n) is 4.70. The monoisotopic (exact) mass is 377 g/mol. The Morgan fingerprint density at radius 2 is 2.00 bits per heavy atom. The number of rotatable bonds is 2. The number of carbonyl (C=O) groups is 1. The van der Waals surface area contributed by atoms with Crippen LogP contribution in [0.15, 0.2) is 41.4 Å². The molecule has 27 heavy (non-hydrogen) atoms. The Hall–Kier alpha value is -2.88. The number of nitrogens with zero attached hydrogens (tertiary/aromatic N) is 2. The Morgan fingerprint density at radius 1 is 1.26 bits per heavy atom. The van der Waals surface area contributed by atoms with Crippen molar-refractivity contribution in [2.45, 2.75) is 12.5 Å². The molecule has 1 aliphatic rings. The van der Waals surface area contributed by atoms with E-state index in [1.165, 1.54) is 14.3 Å². The molecule has 5 nitrogen and oxygen atoms in total. The highest BCUT2D eigenvalue weighted by Crippen LogP contribution is 2.37. The van der Waals surface area contributed by atoms with Gasteiger partial charge in [0.2, 0.25) is 5.91 Å². The summed E-state index contributed by atoms with van der Waals surface area (Å²) in [7, 11) is 3.29. The third-order valence-corrected chi connectivity index (χ3v) is 5.85. The molecule has 0 aliphatic carbocycles. The van der Waals surface area contributed by atoms with Crippen LogP contribution in [0.2, 0.25) is 0 Å². The van der Waals surface area contributed by atoms with Crippen LogP contribution in [0.3, 0.4) is 0 Å². The Balaban J connectivity index is 1.79. The summed E-state index contributed by atoms with van der Waals surface area (Å²) in [5.74, 6) is 6.37. The Bertz CT molecular complexity index is 1140. The van der Waals surface area contributed by atoms with E-state index < -0.39 is 0 Å². The van der Waals surface area contributed by atoms with Gasteiger partial charge in [-0.05, 0) is 35.9 Å². The van der Waals surface area contributed by atoms with E-state index in [1.54, 1.807) is 25.5 Å². The van der Waals surface area contributed by atoms with Gasteiger partial charge in [-0.25, -0.2) is 4.99 Å². The summed E-state index contributed by atoms with van der Waals surface area (Å²) in [5, 5.41) is 2.32. The van der Waals surface area contributed by atoms with Gasteiger partial charge in [0.1, 0.15) is 6.61 Å². The lowest BCUT2D eigenvalue weighted by Crippen LogP contribution is -2.42. The van der Waals surface area contributed by atoms with Crippen LogP contribution < -0.4 is 5.73 Å². The summed E-state index contributed by atoms with van der Waals surface area (Å²) in [6.45, 7) is 0.413. The van der Waals surface area contributed by atoms with Crippen LogP contribution in [0, 0.1) is 11.8 Å². The number of methoxy groups -OCH3 is 1. The number of nitrogens with two attached hydrogens (primary N) is 1. The highest BCUT2D eigenvalue weighted by molar-refractivity contribution is 7.25. The number of benzene rings is 2. The molecule has 1 unspecified atom stereocenters. The standard InChI is InChI=1S/C21H19N3O2S/c1-24-20(25)12-17(23-21(24)22)14-6-8-19-16(11-14)15-10-13(4-3-9-26-2)5-7-18(15)27-19/h5-8,10-11,17H,9,12H2,1-2H3,(H2,22,23). The fourth-order valence-corrected chi connectivity index (χ4v) is 4.27. The summed E-state index contributed by atoms with van der Waals surface area (Å²) >= 11 is 1.75. The molecule has 3 aromatic rings. The highest BCUT2D eigenvalue weighted by atomic mass is 32.1. The van der Waals surface area contributed by atoms with Crippen molar-refractivity contribution < 1.29 is 9.53 Å². The molecular formula is C21H19N3O2S. The molecule has 0 spiro atoms. The van der Waals surface area contributed by atoms with Crippen LogP contribution in [0.1, 0.15) is 23.6 Å². The first-order valence-corrected chi connectivity index (χ1v) is 9.42. The molecule has 0 radical (unpaired) electrons. The number of carbonyl (C=O) groups excluding carboxylic acids is 1. The first kappa shape index (κ1) is 17.5. The second kappa shape index (κ2) is 7.03. The number of aliphatic imine (C=N–C) groups is 1. The number of fused-ring (bicyclic) bond motifs is 3. The molecule has 1 atom stereocenters. The van der Waals surface area contributed by atoms with E-state index in [1.807, 2.05) is 12.1 Å². The molecule has 1 amide bonds. The zero-order valence-corrected chi connectivity index (χ0v) is 16.0. The van der Waals surface area contributed by atoms with Crippen molar-refractivity contribution in [3.05, 3.63) is 47.5 Å². The van der Waals surface area contributed by atoms with Gasteiger partial charge in [0.05, 0.1) is 12.5 Å². The van der Waals surface area contributed by atoms with E-state index in [4.69, 9.17) is 10.5 Å². The minimum Gasteiger partial charge on any atom is -0.372 e. The van der Waals surface area contributed by atoms with Gasteiger partial charge in [-0.3, -0.25) is 9.69 Å². The average Bonchev–Trinajstić information content (AvgIpc) is 3.03. The summed E-state index contributed by atoms with van der Waals surface area (Å²) in [6, 6.07) is 12.3. The average molecular weight is 377 g/mol. The highest BCUT2D eigenvalue weighted by Gasteiger charge is 2.26.